The first-order valence-corrected chi connectivity index (χ1v) is 6.04. The molecular formula is C11H15N3O5. The standard InChI is InChI=1S/C11H15N3O5/c15-7-2-1-6(8(16)14-7)13-10(19)12-5-11(3-4-11)9(17)18/h6H,1-5H2,(H,17,18)(H2,12,13,19)(H,14,15,16). The predicted octanol–water partition coefficient (Wildman–Crippen LogP) is -1.04. The fraction of sp³-hybridized carbons (Fsp3) is 0.636. The van der Waals surface area contributed by atoms with Gasteiger partial charge in [-0.15, -0.1) is 0 Å². The Morgan fingerprint density at radius 2 is 2.05 bits per heavy atom. The summed E-state index contributed by atoms with van der Waals surface area (Å²) in [5.41, 5.74) is -0.845. The summed E-state index contributed by atoms with van der Waals surface area (Å²) in [4.78, 5) is 44.8. The van der Waals surface area contributed by atoms with Crippen molar-refractivity contribution in [2.45, 2.75) is 31.7 Å². The number of aliphatic carboxylic acids is 1. The Labute approximate surface area is 108 Å². The molecule has 0 aromatic heterocycles. The molecule has 8 nitrogen and oxygen atoms in total. The smallest absolute Gasteiger partial charge is 0.315 e. The number of nitrogens with one attached hydrogen (secondary N) is 3. The van der Waals surface area contributed by atoms with Gasteiger partial charge in [0, 0.05) is 13.0 Å². The molecule has 1 aliphatic carbocycles. The van der Waals surface area contributed by atoms with Crippen LogP contribution in [0, 0.1) is 5.41 Å². The van der Waals surface area contributed by atoms with Crippen molar-refractivity contribution in [1.82, 2.24) is 16.0 Å². The van der Waals surface area contributed by atoms with E-state index < -0.39 is 29.4 Å². The summed E-state index contributed by atoms with van der Waals surface area (Å²) >= 11 is 0. The van der Waals surface area contributed by atoms with Gasteiger partial charge in [0.15, 0.2) is 0 Å². The minimum Gasteiger partial charge on any atom is -0.481 e. The summed E-state index contributed by atoms with van der Waals surface area (Å²) in [6.45, 7) is 0.0431. The van der Waals surface area contributed by atoms with Crippen molar-refractivity contribution in [3.8, 4) is 0 Å². The molecule has 0 aromatic carbocycles. The van der Waals surface area contributed by atoms with Crippen molar-refractivity contribution in [3.05, 3.63) is 0 Å². The van der Waals surface area contributed by atoms with Crippen LogP contribution >= 0.6 is 0 Å². The van der Waals surface area contributed by atoms with Crippen LogP contribution < -0.4 is 16.0 Å². The van der Waals surface area contributed by atoms with E-state index in [4.69, 9.17) is 5.11 Å². The molecule has 1 unspecified atom stereocenters. The molecule has 104 valence electrons. The number of piperidine rings is 1. The van der Waals surface area contributed by atoms with Gasteiger partial charge >= 0.3 is 12.0 Å². The van der Waals surface area contributed by atoms with Gasteiger partial charge in [0.2, 0.25) is 11.8 Å². The van der Waals surface area contributed by atoms with Crippen molar-refractivity contribution in [1.29, 1.82) is 0 Å². The molecule has 19 heavy (non-hydrogen) atoms. The quantitative estimate of drug-likeness (QED) is 0.485. The van der Waals surface area contributed by atoms with E-state index >= 15 is 0 Å². The van der Waals surface area contributed by atoms with Crippen LogP contribution in [0.1, 0.15) is 25.7 Å². The third-order valence-electron chi connectivity index (χ3n) is 3.44. The van der Waals surface area contributed by atoms with Gasteiger partial charge in [-0.05, 0) is 19.3 Å². The fourth-order valence-electron chi connectivity index (χ4n) is 1.91. The first-order chi connectivity index (χ1) is 8.93. The molecule has 1 aliphatic heterocycles. The second-order valence-electron chi connectivity index (χ2n) is 4.92. The SMILES string of the molecule is O=C1CCC(NC(=O)NCC2(C(=O)O)CC2)C(=O)N1. The van der Waals surface area contributed by atoms with E-state index in [9.17, 15) is 19.2 Å². The maximum atomic E-state index is 11.6. The third-order valence-corrected chi connectivity index (χ3v) is 3.44. The Balaban J connectivity index is 1.77. The molecule has 0 spiro atoms. The number of amides is 4. The molecule has 4 amide bonds. The number of urea groups is 1. The van der Waals surface area contributed by atoms with Crippen LogP contribution in [-0.2, 0) is 14.4 Å². The topological polar surface area (TPSA) is 125 Å². The van der Waals surface area contributed by atoms with Gasteiger partial charge in [-0.2, -0.15) is 0 Å². The molecule has 1 saturated carbocycles. The number of hydrogen-bond donors (Lipinski definition) is 4. The number of carbonyl (C=O) groups excluding carboxylic acids is 3. The van der Waals surface area contributed by atoms with E-state index in [0.717, 1.165) is 0 Å². The zero-order valence-electron chi connectivity index (χ0n) is 10.2. The van der Waals surface area contributed by atoms with Gasteiger partial charge in [0.25, 0.3) is 0 Å². The van der Waals surface area contributed by atoms with Crippen LogP contribution in [0.3, 0.4) is 0 Å². The zero-order valence-corrected chi connectivity index (χ0v) is 10.2. The minimum atomic E-state index is -0.922. The van der Waals surface area contributed by atoms with Crippen LogP contribution in [0.25, 0.3) is 0 Å². The number of imide groups is 1. The Bertz CT molecular complexity index is 444. The number of hydrogen-bond acceptors (Lipinski definition) is 4. The first-order valence-electron chi connectivity index (χ1n) is 6.04. The molecule has 0 aromatic rings. The Morgan fingerprint density at radius 1 is 1.37 bits per heavy atom. The van der Waals surface area contributed by atoms with E-state index in [-0.39, 0.29) is 25.3 Å². The predicted molar refractivity (Wildman–Crippen MR) is 62.0 cm³/mol. The molecule has 1 saturated heterocycles. The number of carboxylic acid groups (broad SMARTS) is 1. The molecule has 2 fully saturated rings. The molecule has 0 radical (unpaired) electrons. The first kappa shape index (κ1) is 13.3. The summed E-state index contributed by atoms with van der Waals surface area (Å²) in [5.74, 6) is -1.81. The summed E-state index contributed by atoms with van der Waals surface area (Å²) in [6, 6.07) is -1.35. The Kier molecular flexibility index (Phi) is 3.41. The second kappa shape index (κ2) is 4.87. The van der Waals surface area contributed by atoms with Gasteiger partial charge in [-0.25, -0.2) is 4.79 Å². The molecule has 1 heterocycles. The molecule has 0 bridgehead atoms. The summed E-state index contributed by atoms with van der Waals surface area (Å²) in [5, 5.41) is 15.9. The van der Waals surface area contributed by atoms with E-state index in [2.05, 4.69) is 16.0 Å². The number of rotatable bonds is 4. The highest BCUT2D eigenvalue weighted by Gasteiger charge is 2.50. The second-order valence-corrected chi connectivity index (χ2v) is 4.92. The van der Waals surface area contributed by atoms with Gasteiger partial charge in [0.1, 0.15) is 6.04 Å². The van der Waals surface area contributed by atoms with Crippen molar-refractivity contribution in [3.63, 3.8) is 0 Å². The highest BCUT2D eigenvalue weighted by molar-refractivity contribution is 6.01. The lowest BCUT2D eigenvalue weighted by Gasteiger charge is -2.22. The highest BCUT2D eigenvalue weighted by atomic mass is 16.4. The lowest BCUT2D eigenvalue weighted by atomic mass is 10.1. The van der Waals surface area contributed by atoms with Crippen molar-refractivity contribution in [2.75, 3.05) is 6.54 Å². The largest absolute Gasteiger partial charge is 0.481 e. The summed E-state index contributed by atoms with van der Waals surface area (Å²) in [6.07, 6.45) is 1.51. The zero-order chi connectivity index (χ0) is 14.0. The van der Waals surface area contributed by atoms with Crippen molar-refractivity contribution in [2.24, 2.45) is 5.41 Å². The van der Waals surface area contributed by atoms with E-state index in [1.807, 2.05) is 0 Å². The molecule has 1 atom stereocenters. The van der Waals surface area contributed by atoms with Crippen LogP contribution in [0.2, 0.25) is 0 Å². The molecule has 2 aliphatic rings. The van der Waals surface area contributed by atoms with Crippen molar-refractivity contribution < 1.29 is 24.3 Å². The van der Waals surface area contributed by atoms with Crippen LogP contribution in [0.4, 0.5) is 4.79 Å². The summed E-state index contributed by atoms with van der Waals surface area (Å²) in [7, 11) is 0. The lowest BCUT2D eigenvalue weighted by molar-refractivity contribution is -0.143. The van der Waals surface area contributed by atoms with Crippen LogP contribution in [0.5, 0.6) is 0 Å². The van der Waals surface area contributed by atoms with Gasteiger partial charge < -0.3 is 15.7 Å². The number of carbonyl (C=O) groups is 4. The van der Waals surface area contributed by atoms with Crippen LogP contribution in [-0.4, -0.2) is 41.5 Å². The average Bonchev–Trinajstić information content (AvgIpc) is 3.11. The normalized spacial score (nSPS) is 24.3. The van der Waals surface area contributed by atoms with E-state index in [0.29, 0.717) is 12.8 Å². The molecular weight excluding hydrogens is 254 g/mol. The van der Waals surface area contributed by atoms with Gasteiger partial charge in [-0.1, -0.05) is 0 Å². The highest BCUT2D eigenvalue weighted by Crippen LogP contribution is 2.45. The maximum Gasteiger partial charge on any atom is 0.315 e. The lowest BCUT2D eigenvalue weighted by Crippen LogP contribution is -2.55. The van der Waals surface area contributed by atoms with E-state index in [1.165, 1.54) is 0 Å². The molecule has 2 rings (SSSR count). The molecule has 8 heteroatoms. The van der Waals surface area contributed by atoms with E-state index in [1.54, 1.807) is 0 Å². The number of carboxylic acids is 1. The maximum absolute atomic E-state index is 11.6. The average molecular weight is 269 g/mol. The third kappa shape index (κ3) is 3.01. The fourth-order valence-corrected chi connectivity index (χ4v) is 1.91. The van der Waals surface area contributed by atoms with Crippen LogP contribution in [0.15, 0.2) is 0 Å². The monoisotopic (exact) mass is 269 g/mol. The van der Waals surface area contributed by atoms with Gasteiger partial charge in [0.05, 0.1) is 5.41 Å². The Hall–Kier alpha value is -2.12. The minimum absolute atomic E-state index is 0.0431. The Morgan fingerprint density at radius 3 is 2.58 bits per heavy atom. The summed E-state index contributed by atoms with van der Waals surface area (Å²) < 4.78 is 0. The van der Waals surface area contributed by atoms with Crippen molar-refractivity contribution >= 4 is 23.8 Å². The van der Waals surface area contributed by atoms with Gasteiger partial charge in [-0.3, -0.25) is 19.7 Å². The molecule has 4 N–H and O–H groups in total.